The smallest absolute Gasteiger partial charge is 0.228 e. The second-order valence-electron chi connectivity index (χ2n) is 5.82. The molecule has 0 bridgehead atoms. The van der Waals surface area contributed by atoms with Gasteiger partial charge >= 0.3 is 0 Å². The summed E-state index contributed by atoms with van der Waals surface area (Å²) in [6, 6.07) is 18.8. The number of hydrogen-bond acceptors (Lipinski definition) is 3. The summed E-state index contributed by atoms with van der Waals surface area (Å²) >= 11 is 6.10. The van der Waals surface area contributed by atoms with Crippen LogP contribution in [0.25, 0.3) is 16.9 Å². The van der Waals surface area contributed by atoms with Crippen LogP contribution in [0.2, 0.25) is 5.02 Å². The summed E-state index contributed by atoms with van der Waals surface area (Å²) in [5.74, 6) is -0.108. The first-order valence-corrected chi connectivity index (χ1v) is 8.50. The molecule has 128 valence electrons. The molecule has 0 saturated heterocycles. The molecule has 0 fully saturated rings. The van der Waals surface area contributed by atoms with Gasteiger partial charge in [-0.05, 0) is 48.0 Å². The molecule has 0 aliphatic heterocycles. The molecule has 0 atom stereocenters. The fourth-order valence-corrected chi connectivity index (χ4v) is 2.98. The first-order chi connectivity index (χ1) is 12.7. The number of hydrogen-bond donors (Lipinski definition) is 1. The van der Waals surface area contributed by atoms with Crippen molar-refractivity contribution in [3.05, 3.63) is 83.8 Å². The zero-order chi connectivity index (χ0) is 17.9. The predicted octanol–water partition coefficient (Wildman–Crippen LogP) is 4.26. The molecule has 2 aromatic carbocycles. The number of aromatic nitrogens is 3. The zero-order valence-corrected chi connectivity index (χ0v) is 14.5. The molecule has 0 aliphatic rings. The zero-order valence-electron chi connectivity index (χ0n) is 13.8. The van der Waals surface area contributed by atoms with E-state index in [4.69, 9.17) is 11.6 Å². The first kappa shape index (κ1) is 16.3. The Bertz CT molecular complexity index is 1070. The summed E-state index contributed by atoms with van der Waals surface area (Å²) in [5.41, 5.74) is 4.12. The number of halogens is 1. The Morgan fingerprint density at radius 1 is 1.00 bits per heavy atom. The van der Waals surface area contributed by atoms with E-state index in [0.29, 0.717) is 10.7 Å². The van der Waals surface area contributed by atoms with Crippen LogP contribution in [-0.2, 0) is 11.2 Å². The van der Waals surface area contributed by atoms with Crippen LogP contribution < -0.4 is 5.32 Å². The number of nitrogens with zero attached hydrogens (tertiary/aromatic N) is 3. The van der Waals surface area contributed by atoms with E-state index >= 15 is 0 Å². The molecule has 0 unspecified atom stereocenters. The van der Waals surface area contributed by atoms with Gasteiger partial charge in [-0.1, -0.05) is 29.8 Å². The third-order valence-corrected chi connectivity index (χ3v) is 4.43. The minimum atomic E-state index is -0.108. The van der Waals surface area contributed by atoms with Crippen LogP contribution >= 0.6 is 11.6 Å². The fraction of sp³-hybridized carbons (Fsp3) is 0.0500. The van der Waals surface area contributed by atoms with Crippen molar-refractivity contribution in [3.8, 4) is 5.69 Å². The van der Waals surface area contributed by atoms with E-state index in [1.54, 1.807) is 18.6 Å². The molecular weight excluding hydrogens is 348 g/mol. The Morgan fingerprint density at radius 3 is 2.62 bits per heavy atom. The lowest BCUT2D eigenvalue weighted by Crippen LogP contribution is -2.14. The van der Waals surface area contributed by atoms with Gasteiger partial charge < -0.3 is 5.32 Å². The standard InChI is InChI=1S/C20H15ClN4O/c21-17-5-2-1-4-14(17)12-19(26)24-15-7-9-16(10-8-15)25-13-23-20-18(25)6-3-11-22-20/h1-11,13H,12H2,(H,24,26). The third kappa shape index (κ3) is 3.30. The molecule has 4 rings (SSSR count). The average molecular weight is 363 g/mol. The molecule has 4 aromatic rings. The SMILES string of the molecule is O=C(Cc1ccccc1Cl)Nc1ccc(-n2cnc3ncccc32)cc1. The second-order valence-corrected chi connectivity index (χ2v) is 6.23. The highest BCUT2D eigenvalue weighted by Gasteiger charge is 2.08. The highest BCUT2D eigenvalue weighted by molar-refractivity contribution is 6.31. The summed E-state index contributed by atoms with van der Waals surface area (Å²) in [6.07, 6.45) is 3.69. The van der Waals surface area contributed by atoms with Gasteiger partial charge in [-0.15, -0.1) is 0 Å². The first-order valence-electron chi connectivity index (χ1n) is 8.12. The fourth-order valence-electron chi connectivity index (χ4n) is 2.78. The molecule has 26 heavy (non-hydrogen) atoms. The van der Waals surface area contributed by atoms with Crippen LogP contribution in [0.4, 0.5) is 5.69 Å². The molecule has 6 heteroatoms. The van der Waals surface area contributed by atoms with Crippen molar-refractivity contribution in [2.45, 2.75) is 6.42 Å². The summed E-state index contributed by atoms with van der Waals surface area (Å²) in [6.45, 7) is 0. The lowest BCUT2D eigenvalue weighted by Gasteiger charge is -2.08. The van der Waals surface area contributed by atoms with Crippen LogP contribution in [0, 0.1) is 0 Å². The van der Waals surface area contributed by atoms with Gasteiger partial charge in [0, 0.05) is 22.6 Å². The molecule has 2 heterocycles. The van der Waals surface area contributed by atoms with E-state index in [-0.39, 0.29) is 12.3 Å². The molecule has 0 aliphatic carbocycles. The molecule has 0 saturated carbocycles. The number of carbonyl (C=O) groups excluding carboxylic acids is 1. The van der Waals surface area contributed by atoms with Gasteiger partial charge in [-0.3, -0.25) is 9.36 Å². The van der Waals surface area contributed by atoms with Gasteiger partial charge in [0.1, 0.15) is 6.33 Å². The number of pyridine rings is 1. The van der Waals surface area contributed by atoms with Gasteiger partial charge in [-0.25, -0.2) is 9.97 Å². The number of fused-ring (bicyclic) bond motifs is 1. The van der Waals surface area contributed by atoms with Crippen LogP contribution in [0.3, 0.4) is 0 Å². The minimum absolute atomic E-state index is 0.108. The Kier molecular flexibility index (Phi) is 4.37. The van der Waals surface area contributed by atoms with Crippen LogP contribution in [-0.4, -0.2) is 20.4 Å². The predicted molar refractivity (Wildman–Crippen MR) is 103 cm³/mol. The normalized spacial score (nSPS) is 10.8. The van der Waals surface area contributed by atoms with Gasteiger partial charge in [0.25, 0.3) is 0 Å². The Hall–Kier alpha value is -3.18. The third-order valence-electron chi connectivity index (χ3n) is 4.06. The summed E-state index contributed by atoms with van der Waals surface area (Å²) in [7, 11) is 0. The van der Waals surface area contributed by atoms with Crippen LogP contribution in [0.15, 0.2) is 73.2 Å². The van der Waals surface area contributed by atoms with Crippen LogP contribution in [0.5, 0.6) is 0 Å². The van der Waals surface area contributed by atoms with E-state index in [0.717, 1.165) is 22.5 Å². The maximum Gasteiger partial charge on any atom is 0.228 e. The van der Waals surface area contributed by atoms with E-state index < -0.39 is 0 Å². The molecule has 0 spiro atoms. The van der Waals surface area contributed by atoms with Crippen molar-refractivity contribution in [2.75, 3.05) is 5.32 Å². The second kappa shape index (κ2) is 6.98. The van der Waals surface area contributed by atoms with Crippen molar-refractivity contribution >= 4 is 34.4 Å². The van der Waals surface area contributed by atoms with E-state index in [1.807, 2.05) is 59.2 Å². The molecule has 2 aromatic heterocycles. The Labute approximate surface area is 155 Å². The Balaban J connectivity index is 1.49. The maximum atomic E-state index is 12.2. The van der Waals surface area contributed by atoms with Crippen molar-refractivity contribution in [3.63, 3.8) is 0 Å². The van der Waals surface area contributed by atoms with E-state index in [9.17, 15) is 4.79 Å². The number of nitrogens with one attached hydrogen (secondary N) is 1. The minimum Gasteiger partial charge on any atom is -0.326 e. The van der Waals surface area contributed by atoms with Crippen molar-refractivity contribution in [1.29, 1.82) is 0 Å². The number of anilines is 1. The maximum absolute atomic E-state index is 12.2. The van der Waals surface area contributed by atoms with E-state index in [1.165, 1.54) is 0 Å². The Morgan fingerprint density at radius 2 is 1.81 bits per heavy atom. The van der Waals surface area contributed by atoms with Crippen molar-refractivity contribution < 1.29 is 4.79 Å². The molecular formula is C20H15ClN4O. The molecule has 1 N–H and O–H groups in total. The van der Waals surface area contributed by atoms with Gasteiger partial charge in [0.05, 0.1) is 11.9 Å². The van der Waals surface area contributed by atoms with E-state index in [2.05, 4.69) is 15.3 Å². The number of rotatable bonds is 4. The van der Waals surface area contributed by atoms with Crippen molar-refractivity contribution in [2.24, 2.45) is 0 Å². The van der Waals surface area contributed by atoms with Gasteiger partial charge in [0.2, 0.25) is 5.91 Å². The monoisotopic (exact) mass is 362 g/mol. The average Bonchev–Trinajstić information content (AvgIpc) is 3.08. The molecule has 1 amide bonds. The molecule has 0 radical (unpaired) electrons. The molecule has 5 nitrogen and oxygen atoms in total. The van der Waals surface area contributed by atoms with Gasteiger partial charge in [-0.2, -0.15) is 0 Å². The quantitative estimate of drug-likeness (QED) is 0.590. The van der Waals surface area contributed by atoms with Crippen LogP contribution in [0.1, 0.15) is 5.56 Å². The number of amides is 1. The van der Waals surface area contributed by atoms with Crippen molar-refractivity contribution in [1.82, 2.24) is 14.5 Å². The van der Waals surface area contributed by atoms with Gasteiger partial charge in [0.15, 0.2) is 5.65 Å². The lowest BCUT2D eigenvalue weighted by atomic mass is 10.1. The highest BCUT2D eigenvalue weighted by Crippen LogP contribution is 2.19. The highest BCUT2D eigenvalue weighted by atomic mass is 35.5. The number of imidazole rings is 1. The summed E-state index contributed by atoms with van der Waals surface area (Å²) in [4.78, 5) is 20.8. The summed E-state index contributed by atoms with van der Waals surface area (Å²) in [5, 5.41) is 3.49. The lowest BCUT2D eigenvalue weighted by molar-refractivity contribution is -0.115. The number of benzene rings is 2. The number of carbonyl (C=O) groups is 1. The summed E-state index contributed by atoms with van der Waals surface area (Å²) < 4.78 is 1.96. The largest absolute Gasteiger partial charge is 0.326 e. The topological polar surface area (TPSA) is 59.8 Å².